The van der Waals surface area contributed by atoms with Crippen molar-refractivity contribution in [1.82, 2.24) is 0 Å². The van der Waals surface area contributed by atoms with Crippen LogP contribution in [-0.2, 0) is 0 Å². The minimum atomic E-state index is 1.06. The van der Waals surface area contributed by atoms with Crippen LogP contribution in [0.25, 0.3) is 0 Å². The lowest BCUT2D eigenvalue weighted by Crippen LogP contribution is -1.62. The SMILES string of the molecule is CC/C=C\C=C/CCBr. The van der Waals surface area contributed by atoms with E-state index in [1.54, 1.807) is 0 Å². The van der Waals surface area contributed by atoms with Gasteiger partial charge in [0.05, 0.1) is 0 Å². The second kappa shape index (κ2) is 7.96. The number of allylic oxidation sites excluding steroid dienone is 4. The van der Waals surface area contributed by atoms with Crippen molar-refractivity contribution in [3.05, 3.63) is 24.3 Å². The number of hydrogen-bond acceptors (Lipinski definition) is 0. The molecule has 0 aliphatic rings. The normalized spacial score (nSPS) is 11.8. The molecule has 1 heteroatoms. The summed E-state index contributed by atoms with van der Waals surface area (Å²) >= 11 is 3.34. The molecule has 9 heavy (non-hydrogen) atoms. The Morgan fingerprint density at radius 2 is 1.89 bits per heavy atom. The molecule has 0 saturated heterocycles. The van der Waals surface area contributed by atoms with E-state index in [9.17, 15) is 0 Å². The zero-order valence-corrected chi connectivity index (χ0v) is 7.39. The summed E-state index contributed by atoms with van der Waals surface area (Å²) in [6.45, 7) is 2.13. The molecule has 0 radical (unpaired) electrons. The Morgan fingerprint density at radius 3 is 2.44 bits per heavy atom. The summed E-state index contributed by atoms with van der Waals surface area (Å²) in [5.41, 5.74) is 0. The highest BCUT2D eigenvalue weighted by Gasteiger charge is 1.69. The van der Waals surface area contributed by atoms with Crippen LogP contribution in [0.3, 0.4) is 0 Å². The summed E-state index contributed by atoms with van der Waals surface area (Å²) in [6.07, 6.45) is 10.7. The van der Waals surface area contributed by atoms with Crippen molar-refractivity contribution in [2.45, 2.75) is 19.8 Å². The van der Waals surface area contributed by atoms with Crippen LogP contribution in [0.1, 0.15) is 19.8 Å². The van der Waals surface area contributed by atoms with Gasteiger partial charge in [0.1, 0.15) is 0 Å². The standard InChI is InChI=1S/C8H13Br/c1-2-3-4-5-6-7-8-9/h3-6H,2,7-8H2,1H3/b4-3-,6-5-. The second-order valence-electron chi connectivity index (χ2n) is 1.74. The van der Waals surface area contributed by atoms with Crippen LogP contribution in [0.5, 0.6) is 0 Å². The molecule has 0 aromatic rings. The van der Waals surface area contributed by atoms with Gasteiger partial charge in [0, 0.05) is 5.33 Å². The molecule has 0 atom stereocenters. The molecule has 0 saturated carbocycles. The van der Waals surface area contributed by atoms with Crippen LogP contribution < -0.4 is 0 Å². The van der Waals surface area contributed by atoms with E-state index in [4.69, 9.17) is 0 Å². The van der Waals surface area contributed by atoms with Crippen molar-refractivity contribution >= 4 is 15.9 Å². The fourth-order valence-corrected chi connectivity index (χ4v) is 0.717. The quantitative estimate of drug-likeness (QED) is 0.470. The van der Waals surface area contributed by atoms with Gasteiger partial charge in [-0.1, -0.05) is 47.2 Å². The van der Waals surface area contributed by atoms with Crippen LogP contribution in [-0.4, -0.2) is 5.33 Å². The third kappa shape index (κ3) is 7.96. The number of halogens is 1. The first-order valence-corrected chi connectivity index (χ1v) is 4.41. The molecule has 0 aromatic carbocycles. The van der Waals surface area contributed by atoms with E-state index < -0.39 is 0 Å². The molecule has 0 fully saturated rings. The van der Waals surface area contributed by atoms with Crippen molar-refractivity contribution in [1.29, 1.82) is 0 Å². The average Bonchev–Trinajstić information content (AvgIpc) is 1.89. The Kier molecular flexibility index (Phi) is 7.92. The predicted molar refractivity (Wildman–Crippen MR) is 47.0 cm³/mol. The molecule has 0 nitrogen and oxygen atoms in total. The Hall–Kier alpha value is -0.0400. The summed E-state index contributed by atoms with van der Waals surface area (Å²) in [5.74, 6) is 0. The minimum Gasteiger partial charge on any atom is -0.0925 e. The van der Waals surface area contributed by atoms with Crippen molar-refractivity contribution in [3.63, 3.8) is 0 Å². The van der Waals surface area contributed by atoms with E-state index in [1.165, 1.54) is 0 Å². The summed E-state index contributed by atoms with van der Waals surface area (Å²) in [5, 5.41) is 1.06. The number of alkyl halides is 1. The molecule has 52 valence electrons. The first kappa shape index (κ1) is 8.96. The van der Waals surface area contributed by atoms with E-state index in [0.29, 0.717) is 0 Å². The fraction of sp³-hybridized carbons (Fsp3) is 0.500. The van der Waals surface area contributed by atoms with E-state index in [0.717, 1.165) is 18.2 Å². The highest BCUT2D eigenvalue weighted by atomic mass is 79.9. The smallest absolute Gasteiger partial charge is 0.00660 e. The minimum absolute atomic E-state index is 1.06. The van der Waals surface area contributed by atoms with Gasteiger partial charge in [-0.25, -0.2) is 0 Å². The molecule has 0 spiro atoms. The Bertz CT molecular complexity index is 92.7. The van der Waals surface area contributed by atoms with Gasteiger partial charge in [0.15, 0.2) is 0 Å². The van der Waals surface area contributed by atoms with E-state index in [1.807, 2.05) is 0 Å². The summed E-state index contributed by atoms with van der Waals surface area (Å²) in [7, 11) is 0. The molecule has 0 aliphatic heterocycles. The topological polar surface area (TPSA) is 0 Å². The molecule has 0 rings (SSSR count). The van der Waals surface area contributed by atoms with Gasteiger partial charge >= 0.3 is 0 Å². The highest BCUT2D eigenvalue weighted by Crippen LogP contribution is 1.89. The summed E-state index contributed by atoms with van der Waals surface area (Å²) in [6, 6.07) is 0. The van der Waals surface area contributed by atoms with Crippen molar-refractivity contribution in [3.8, 4) is 0 Å². The van der Waals surface area contributed by atoms with Gasteiger partial charge in [0.2, 0.25) is 0 Å². The predicted octanol–water partition coefficient (Wildman–Crippen LogP) is 3.29. The lowest BCUT2D eigenvalue weighted by Gasteiger charge is -1.78. The first-order chi connectivity index (χ1) is 4.41. The highest BCUT2D eigenvalue weighted by molar-refractivity contribution is 9.09. The van der Waals surface area contributed by atoms with Gasteiger partial charge in [-0.3, -0.25) is 0 Å². The van der Waals surface area contributed by atoms with Gasteiger partial charge < -0.3 is 0 Å². The van der Waals surface area contributed by atoms with Crippen molar-refractivity contribution < 1.29 is 0 Å². The molecule has 0 N–H and O–H groups in total. The third-order valence-corrected chi connectivity index (χ3v) is 1.35. The monoisotopic (exact) mass is 188 g/mol. The van der Waals surface area contributed by atoms with E-state index in [-0.39, 0.29) is 0 Å². The molecule has 0 aromatic heterocycles. The van der Waals surface area contributed by atoms with E-state index in [2.05, 4.69) is 47.2 Å². The molecule has 0 heterocycles. The average molecular weight is 189 g/mol. The maximum absolute atomic E-state index is 3.34. The van der Waals surface area contributed by atoms with Crippen LogP contribution in [0.4, 0.5) is 0 Å². The first-order valence-electron chi connectivity index (χ1n) is 3.29. The maximum atomic E-state index is 3.34. The Balaban J connectivity index is 3.13. The van der Waals surface area contributed by atoms with Crippen molar-refractivity contribution in [2.24, 2.45) is 0 Å². The molecular weight excluding hydrogens is 176 g/mol. The Morgan fingerprint density at radius 1 is 1.22 bits per heavy atom. The summed E-state index contributed by atoms with van der Waals surface area (Å²) < 4.78 is 0. The lowest BCUT2D eigenvalue weighted by molar-refractivity contribution is 1.22. The fourth-order valence-electron chi connectivity index (χ4n) is 0.452. The molecule has 0 amide bonds. The molecule has 0 aliphatic carbocycles. The molecular formula is C8H13Br. The van der Waals surface area contributed by atoms with Crippen LogP contribution in [0.2, 0.25) is 0 Å². The maximum Gasteiger partial charge on any atom is 0.00660 e. The second-order valence-corrected chi connectivity index (χ2v) is 2.54. The van der Waals surface area contributed by atoms with E-state index >= 15 is 0 Å². The largest absolute Gasteiger partial charge is 0.0925 e. The number of hydrogen-bond donors (Lipinski definition) is 0. The molecule has 0 bridgehead atoms. The van der Waals surface area contributed by atoms with Gasteiger partial charge in [-0.2, -0.15) is 0 Å². The lowest BCUT2D eigenvalue weighted by atomic mass is 10.3. The summed E-state index contributed by atoms with van der Waals surface area (Å²) in [4.78, 5) is 0. The van der Waals surface area contributed by atoms with Gasteiger partial charge in [0.25, 0.3) is 0 Å². The van der Waals surface area contributed by atoms with Crippen LogP contribution in [0.15, 0.2) is 24.3 Å². The van der Waals surface area contributed by atoms with Crippen molar-refractivity contribution in [2.75, 3.05) is 5.33 Å². The zero-order chi connectivity index (χ0) is 6.95. The third-order valence-electron chi connectivity index (χ3n) is 0.895. The van der Waals surface area contributed by atoms with Gasteiger partial charge in [-0.05, 0) is 12.8 Å². The van der Waals surface area contributed by atoms with Gasteiger partial charge in [-0.15, -0.1) is 0 Å². The number of rotatable bonds is 4. The van der Waals surface area contributed by atoms with Crippen LogP contribution in [0, 0.1) is 0 Å². The molecule has 0 unspecified atom stereocenters. The zero-order valence-electron chi connectivity index (χ0n) is 5.81. The van der Waals surface area contributed by atoms with Crippen LogP contribution >= 0.6 is 15.9 Å². The Labute approximate surface area is 65.8 Å².